The van der Waals surface area contributed by atoms with Crippen molar-refractivity contribution in [3.8, 4) is 89.0 Å². The van der Waals surface area contributed by atoms with Crippen LogP contribution >= 0.6 is 0 Å². The Balaban J connectivity index is 0.000000136. The fourth-order valence-electron chi connectivity index (χ4n) is 19.1. The van der Waals surface area contributed by atoms with Crippen LogP contribution in [0.25, 0.3) is 208 Å². The van der Waals surface area contributed by atoms with E-state index in [1.165, 1.54) is 187 Å². The molecular formula is C106H70O2. The maximum Gasteiger partial charge on any atom is 0.135 e. The van der Waals surface area contributed by atoms with Gasteiger partial charge in [-0.3, -0.25) is 0 Å². The highest BCUT2D eigenvalue weighted by Crippen LogP contribution is 2.57. The first kappa shape index (κ1) is 62.0. The Morgan fingerprint density at radius 2 is 0.509 bits per heavy atom. The number of hydrogen-bond acceptors (Lipinski definition) is 2. The van der Waals surface area contributed by atoms with Gasteiger partial charge in [0.25, 0.3) is 0 Å². The maximum absolute atomic E-state index is 6.53. The molecule has 0 atom stereocenters. The minimum absolute atomic E-state index is 0.0663. The number of para-hydroxylation sites is 1. The van der Waals surface area contributed by atoms with E-state index in [0.717, 1.165) is 43.9 Å². The third-order valence-corrected chi connectivity index (χ3v) is 24.2. The Bertz CT molecular complexity index is 7300. The summed E-state index contributed by atoms with van der Waals surface area (Å²) >= 11 is 0. The highest BCUT2D eigenvalue weighted by atomic mass is 16.3. The molecule has 2 nitrogen and oxygen atoms in total. The first-order chi connectivity index (χ1) is 53.0. The molecule has 0 bridgehead atoms. The molecule has 2 aliphatic rings. The molecule has 2 aliphatic carbocycles. The van der Waals surface area contributed by atoms with Crippen LogP contribution in [-0.4, -0.2) is 0 Å². The zero-order valence-electron chi connectivity index (χ0n) is 60.3. The molecule has 2 heteroatoms. The quantitative estimate of drug-likeness (QED) is 0.155. The monoisotopic (exact) mass is 1370 g/mol. The molecule has 108 heavy (non-hydrogen) atoms. The molecule has 19 aromatic carbocycles. The standard InChI is InChI=1S/C57H36O2.C49H34/c1-57(2)49-23-19-35(28-44(49)45-27-33-11-3-4-12-34(33)32-50(45)57)36-20-24-53-47(29-36)48-31-38(22-26-54(48)59-53)56-42-16-7-5-14-40(42)55(41-15-6-8-17-43(41)56)37-21-25-52-46(30-37)39-13-9-10-18-51(39)58-52;1-49(2)45-30-36-15-6-5-14-35(36)29-44(45)42-20-11-21-43(48(42)49)47-40-18-9-7-16-38(40)46(39-17-8-10-19-41(39)47)33-25-22-32(23-26-33)37-27-24-31-12-3-4-13-34(31)28-37/h3-32H,1-2H3;3-30H,1-2H3. The highest BCUT2D eigenvalue weighted by molar-refractivity contribution is 6.25. The molecule has 0 fully saturated rings. The van der Waals surface area contributed by atoms with E-state index in [0.29, 0.717) is 0 Å². The third kappa shape index (κ3) is 9.39. The van der Waals surface area contributed by atoms with Crippen LogP contribution in [0.4, 0.5) is 0 Å². The van der Waals surface area contributed by atoms with Gasteiger partial charge >= 0.3 is 0 Å². The fourth-order valence-corrected chi connectivity index (χ4v) is 19.1. The van der Waals surface area contributed by atoms with Crippen molar-refractivity contribution < 1.29 is 8.83 Å². The van der Waals surface area contributed by atoms with E-state index in [-0.39, 0.29) is 10.8 Å². The van der Waals surface area contributed by atoms with Crippen LogP contribution < -0.4 is 0 Å². The summed E-state index contributed by atoms with van der Waals surface area (Å²) in [4.78, 5) is 0. The molecule has 0 aliphatic heterocycles. The highest BCUT2D eigenvalue weighted by Gasteiger charge is 2.39. The normalized spacial score (nSPS) is 13.3. The second kappa shape index (κ2) is 23.6. The molecule has 0 spiro atoms. The van der Waals surface area contributed by atoms with Crippen molar-refractivity contribution in [2.24, 2.45) is 0 Å². The smallest absolute Gasteiger partial charge is 0.135 e. The van der Waals surface area contributed by atoms with Crippen molar-refractivity contribution >= 4 is 119 Å². The summed E-state index contributed by atoms with van der Waals surface area (Å²) in [5, 5.41) is 22.3. The lowest BCUT2D eigenvalue weighted by atomic mass is 9.76. The molecule has 0 amide bonds. The maximum atomic E-state index is 6.53. The van der Waals surface area contributed by atoms with Crippen LogP contribution in [0.5, 0.6) is 0 Å². The van der Waals surface area contributed by atoms with Crippen molar-refractivity contribution in [2.75, 3.05) is 0 Å². The summed E-state index contributed by atoms with van der Waals surface area (Å²) in [5.41, 5.74) is 29.2. The van der Waals surface area contributed by atoms with Gasteiger partial charge in [0.1, 0.15) is 22.3 Å². The summed E-state index contributed by atoms with van der Waals surface area (Å²) in [6, 6.07) is 130. The molecule has 23 rings (SSSR count). The molecule has 21 aromatic rings. The predicted octanol–water partition coefficient (Wildman–Crippen LogP) is 29.9. The summed E-state index contributed by atoms with van der Waals surface area (Å²) < 4.78 is 12.8. The fraction of sp³-hybridized carbons (Fsp3) is 0.0566. The number of rotatable bonds is 6. The Hall–Kier alpha value is -13.4. The first-order valence-corrected chi connectivity index (χ1v) is 37.8. The van der Waals surface area contributed by atoms with Crippen LogP contribution in [0, 0.1) is 0 Å². The zero-order valence-corrected chi connectivity index (χ0v) is 60.3. The van der Waals surface area contributed by atoms with Crippen LogP contribution in [-0.2, 0) is 10.8 Å². The van der Waals surface area contributed by atoms with Gasteiger partial charge in [0.2, 0.25) is 0 Å². The van der Waals surface area contributed by atoms with Gasteiger partial charge in [-0.1, -0.05) is 301 Å². The Kier molecular flexibility index (Phi) is 13.5. The van der Waals surface area contributed by atoms with E-state index in [2.05, 4.69) is 367 Å². The van der Waals surface area contributed by atoms with E-state index in [9.17, 15) is 0 Å². The van der Waals surface area contributed by atoms with E-state index >= 15 is 0 Å². The van der Waals surface area contributed by atoms with Crippen LogP contribution in [0.3, 0.4) is 0 Å². The second-order valence-electron chi connectivity index (χ2n) is 30.9. The van der Waals surface area contributed by atoms with Crippen LogP contribution in [0.2, 0.25) is 0 Å². The van der Waals surface area contributed by atoms with Crippen molar-refractivity contribution in [1.29, 1.82) is 0 Å². The van der Waals surface area contributed by atoms with Gasteiger partial charge in [-0.05, 0) is 266 Å². The van der Waals surface area contributed by atoms with E-state index in [1.807, 2.05) is 12.1 Å². The molecule has 506 valence electrons. The minimum Gasteiger partial charge on any atom is -0.456 e. The van der Waals surface area contributed by atoms with Crippen LogP contribution in [0.15, 0.2) is 361 Å². The molecule has 0 unspecified atom stereocenters. The molecule has 0 N–H and O–H groups in total. The topological polar surface area (TPSA) is 26.3 Å². The van der Waals surface area contributed by atoms with E-state index < -0.39 is 0 Å². The Morgan fingerprint density at radius 3 is 1.05 bits per heavy atom. The molecule has 2 aromatic heterocycles. The van der Waals surface area contributed by atoms with Gasteiger partial charge in [0.05, 0.1) is 0 Å². The van der Waals surface area contributed by atoms with E-state index in [1.54, 1.807) is 0 Å². The Labute approximate surface area is 625 Å². The molecule has 0 radical (unpaired) electrons. The minimum atomic E-state index is -0.148. The molecular weight excluding hydrogens is 1310 g/mol. The third-order valence-electron chi connectivity index (χ3n) is 24.2. The van der Waals surface area contributed by atoms with Crippen molar-refractivity contribution in [3.05, 3.63) is 374 Å². The SMILES string of the molecule is CC1(C)c2cc3ccccc3cc2-c2cccc(-c3c4ccccc4c(-c4ccc(-c5ccc6ccccc6c5)cc4)c4ccccc34)c21.CC1(C)c2ccc(-c3ccc4oc5ccc(-c6c7ccccc7c(-c7ccc8oc9ccccc9c8c7)c7ccccc67)cc5c4c3)cc2-c2cc3ccccc3cc21. The lowest BCUT2D eigenvalue weighted by Gasteiger charge is -2.26. The first-order valence-electron chi connectivity index (χ1n) is 37.8. The number of fused-ring (bicyclic) bond motifs is 19. The average molecular weight is 1380 g/mol. The molecule has 0 saturated heterocycles. The predicted molar refractivity (Wildman–Crippen MR) is 458 cm³/mol. The van der Waals surface area contributed by atoms with Gasteiger partial charge < -0.3 is 8.83 Å². The number of hydrogen-bond donors (Lipinski definition) is 0. The summed E-state index contributed by atoms with van der Waals surface area (Å²) in [7, 11) is 0. The van der Waals surface area contributed by atoms with Gasteiger partial charge in [-0.2, -0.15) is 0 Å². The summed E-state index contributed by atoms with van der Waals surface area (Å²) in [6.45, 7) is 9.53. The second-order valence-corrected chi connectivity index (χ2v) is 30.9. The van der Waals surface area contributed by atoms with Gasteiger partial charge in [0, 0.05) is 32.4 Å². The van der Waals surface area contributed by atoms with Gasteiger partial charge in [-0.25, -0.2) is 0 Å². The average Bonchev–Trinajstić information content (AvgIpc) is 1.53. The van der Waals surface area contributed by atoms with Gasteiger partial charge in [0.15, 0.2) is 0 Å². The van der Waals surface area contributed by atoms with Crippen molar-refractivity contribution in [3.63, 3.8) is 0 Å². The largest absolute Gasteiger partial charge is 0.456 e. The Morgan fingerprint density at radius 1 is 0.176 bits per heavy atom. The van der Waals surface area contributed by atoms with Crippen molar-refractivity contribution in [2.45, 2.75) is 38.5 Å². The zero-order chi connectivity index (χ0) is 71.7. The van der Waals surface area contributed by atoms with Gasteiger partial charge in [-0.15, -0.1) is 0 Å². The molecule has 2 heterocycles. The number of benzene rings is 19. The summed E-state index contributed by atoms with van der Waals surface area (Å²) in [6.07, 6.45) is 0. The van der Waals surface area contributed by atoms with Crippen molar-refractivity contribution in [1.82, 2.24) is 0 Å². The van der Waals surface area contributed by atoms with E-state index in [4.69, 9.17) is 8.83 Å². The lowest BCUT2D eigenvalue weighted by molar-refractivity contribution is 0.661. The van der Waals surface area contributed by atoms with Crippen LogP contribution in [0.1, 0.15) is 49.9 Å². The summed E-state index contributed by atoms with van der Waals surface area (Å²) in [5.74, 6) is 0. The lowest BCUT2D eigenvalue weighted by Crippen LogP contribution is -2.16. The molecule has 0 saturated carbocycles. The number of furan rings is 2.